The average Bonchev–Trinajstić information content (AvgIpc) is 2.88. The van der Waals surface area contributed by atoms with E-state index in [1.807, 2.05) is 36.4 Å². The predicted octanol–water partition coefficient (Wildman–Crippen LogP) is 3.23. The molecule has 5 heteroatoms. The molecule has 1 unspecified atom stereocenters. The summed E-state index contributed by atoms with van der Waals surface area (Å²) in [5, 5.41) is 1.65. The van der Waals surface area contributed by atoms with Gasteiger partial charge in [0.05, 0.1) is 6.04 Å². The van der Waals surface area contributed by atoms with Crippen LogP contribution in [0.2, 0.25) is 5.02 Å². The van der Waals surface area contributed by atoms with Crippen LogP contribution in [0.3, 0.4) is 0 Å². The van der Waals surface area contributed by atoms with Gasteiger partial charge < -0.3 is 4.42 Å². The van der Waals surface area contributed by atoms with Crippen LogP contribution in [0, 0.1) is 0 Å². The largest absolute Gasteiger partial charge is 0.459 e. The fourth-order valence-corrected chi connectivity index (χ4v) is 2.36. The SMILES string of the molecule is NNC(Cc1ccccn1)c1cc2cc(Cl)ccc2o1. The van der Waals surface area contributed by atoms with E-state index in [4.69, 9.17) is 21.9 Å². The first-order valence-electron chi connectivity index (χ1n) is 6.31. The number of nitrogens with two attached hydrogens (primary N) is 1. The summed E-state index contributed by atoms with van der Waals surface area (Å²) >= 11 is 5.98. The van der Waals surface area contributed by atoms with Crippen LogP contribution in [0.15, 0.2) is 53.1 Å². The number of nitrogens with zero attached hydrogens (tertiary/aromatic N) is 1. The van der Waals surface area contributed by atoms with Gasteiger partial charge in [-0.15, -0.1) is 0 Å². The molecule has 0 aliphatic rings. The molecule has 2 heterocycles. The minimum Gasteiger partial charge on any atom is -0.459 e. The first-order chi connectivity index (χ1) is 9.76. The van der Waals surface area contributed by atoms with E-state index in [2.05, 4.69) is 10.4 Å². The van der Waals surface area contributed by atoms with Gasteiger partial charge in [-0.1, -0.05) is 17.7 Å². The monoisotopic (exact) mass is 287 g/mol. The fourth-order valence-electron chi connectivity index (χ4n) is 2.18. The zero-order valence-electron chi connectivity index (χ0n) is 10.7. The molecule has 0 aliphatic carbocycles. The summed E-state index contributed by atoms with van der Waals surface area (Å²) in [6.07, 6.45) is 2.42. The van der Waals surface area contributed by atoms with Gasteiger partial charge in [-0.25, -0.2) is 5.43 Å². The lowest BCUT2D eigenvalue weighted by atomic mass is 10.1. The first-order valence-corrected chi connectivity index (χ1v) is 6.69. The summed E-state index contributed by atoms with van der Waals surface area (Å²) in [4.78, 5) is 4.30. The topological polar surface area (TPSA) is 64.1 Å². The Labute approximate surface area is 121 Å². The average molecular weight is 288 g/mol. The summed E-state index contributed by atoms with van der Waals surface area (Å²) in [5.41, 5.74) is 4.53. The molecule has 3 aromatic rings. The van der Waals surface area contributed by atoms with Crippen molar-refractivity contribution in [1.29, 1.82) is 0 Å². The molecule has 0 bridgehead atoms. The molecule has 0 saturated heterocycles. The van der Waals surface area contributed by atoms with E-state index in [1.54, 1.807) is 12.3 Å². The standard InChI is InChI=1S/C15H14ClN3O/c16-11-4-5-14-10(7-11)8-15(20-14)13(19-17)9-12-3-1-2-6-18-12/h1-8,13,19H,9,17H2. The molecule has 0 fully saturated rings. The summed E-state index contributed by atoms with van der Waals surface area (Å²) in [6.45, 7) is 0. The van der Waals surface area contributed by atoms with Gasteiger partial charge in [0.1, 0.15) is 11.3 Å². The number of hydrogen-bond donors (Lipinski definition) is 2. The van der Waals surface area contributed by atoms with Crippen LogP contribution in [-0.4, -0.2) is 4.98 Å². The zero-order chi connectivity index (χ0) is 13.9. The number of rotatable bonds is 4. The van der Waals surface area contributed by atoms with Crippen molar-refractivity contribution in [2.45, 2.75) is 12.5 Å². The zero-order valence-corrected chi connectivity index (χ0v) is 11.5. The van der Waals surface area contributed by atoms with Gasteiger partial charge in [-0.2, -0.15) is 0 Å². The van der Waals surface area contributed by atoms with Crippen molar-refractivity contribution in [2.24, 2.45) is 5.84 Å². The van der Waals surface area contributed by atoms with Crippen LogP contribution in [0.1, 0.15) is 17.5 Å². The van der Waals surface area contributed by atoms with E-state index in [-0.39, 0.29) is 6.04 Å². The van der Waals surface area contributed by atoms with Gasteiger partial charge >= 0.3 is 0 Å². The smallest absolute Gasteiger partial charge is 0.134 e. The first kappa shape index (κ1) is 13.1. The Morgan fingerprint density at radius 2 is 2.15 bits per heavy atom. The molecule has 2 aromatic heterocycles. The van der Waals surface area contributed by atoms with E-state index < -0.39 is 0 Å². The molecular formula is C15H14ClN3O. The van der Waals surface area contributed by atoms with Crippen molar-refractivity contribution >= 4 is 22.6 Å². The van der Waals surface area contributed by atoms with Gasteiger partial charge in [-0.05, 0) is 36.4 Å². The van der Waals surface area contributed by atoms with Gasteiger partial charge in [-0.3, -0.25) is 10.8 Å². The molecule has 20 heavy (non-hydrogen) atoms. The number of hydrogen-bond acceptors (Lipinski definition) is 4. The van der Waals surface area contributed by atoms with E-state index in [9.17, 15) is 0 Å². The number of pyridine rings is 1. The second kappa shape index (κ2) is 5.63. The Balaban J connectivity index is 1.91. The molecule has 1 aromatic carbocycles. The van der Waals surface area contributed by atoms with Crippen LogP contribution in [0.25, 0.3) is 11.0 Å². The lowest BCUT2D eigenvalue weighted by Crippen LogP contribution is -2.29. The molecule has 3 N–H and O–H groups in total. The Kier molecular flexibility index (Phi) is 3.69. The van der Waals surface area contributed by atoms with Crippen molar-refractivity contribution < 1.29 is 4.42 Å². The number of nitrogens with one attached hydrogen (secondary N) is 1. The number of halogens is 1. The minimum atomic E-state index is -0.129. The van der Waals surface area contributed by atoms with Gasteiger partial charge in [0.15, 0.2) is 0 Å². The number of benzene rings is 1. The molecule has 0 amide bonds. The van der Waals surface area contributed by atoms with Crippen molar-refractivity contribution in [3.63, 3.8) is 0 Å². The molecule has 0 aliphatic heterocycles. The van der Waals surface area contributed by atoms with E-state index in [1.165, 1.54) is 0 Å². The van der Waals surface area contributed by atoms with E-state index >= 15 is 0 Å². The number of furan rings is 1. The minimum absolute atomic E-state index is 0.129. The van der Waals surface area contributed by atoms with Crippen molar-refractivity contribution in [1.82, 2.24) is 10.4 Å². The lowest BCUT2D eigenvalue weighted by molar-refractivity contribution is 0.432. The van der Waals surface area contributed by atoms with Gasteiger partial charge in [0.25, 0.3) is 0 Å². The second-order valence-electron chi connectivity index (χ2n) is 4.58. The maximum atomic E-state index is 5.98. The highest BCUT2D eigenvalue weighted by molar-refractivity contribution is 6.31. The number of aromatic nitrogens is 1. The summed E-state index contributed by atoms with van der Waals surface area (Å²) in [5.74, 6) is 6.41. The highest BCUT2D eigenvalue weighted by Crippen LogP contribution is 2.27. The maximum Gasteiger partial charge on any atom is 0.134 e. The van der Waals surface area contributed by atoms with Crippen molar-refractivity contribution in [3.05, 3.63) is 65.1 Å². The van der Waals surface area contributed by atoms with Crippen LogP contribution < -0.4 is 11.3 Å². The molecule has 4 nitrogen and oxygen atoms in total. The third-order valence-electron chi connectivity index (χ3n) is 3.18. The quantitative estimate of drug-likeness (QED) is 0.571. The van der Waals surface area contributed by atoms with Crippen LogP contribution in [0.4, 0.5) is 0 Å². The van der Waals surface area contributed by atoms with E-state index in [0.717, 1.165) is 22.4 Å². The molecule has 0 radical (unpaired) electrons. The predicted molar refractivity (Wildman–Crippen MR) is 79.2 cm³/mol. The molecule has 102 valence electrons. The maximum absolute atomic E-state index is 5.98. The van der Waals surface area contributed by atoms with Crippen LogP contribution in [0.5, 0.6) is 0 Å². The van der Waals surface area contributed by atoms with Crippen molar-refractivity contribution in [2.75, 3.05) is 0 Å². The summed E-state index contributed by atoms with van der Waals surface area (Å²) < 4.78 is 5.82. The molecule has 3 rings (SSSR count). The number of fused-ring (bicyclic) bond motifs is 1. The third kappa shape index (κ3) is 2.67. The highest BCUT2D eigenvalue weighted by Gasteiger charge is 2.16. The molecule has 0 saturated carbocycles. The molecule has 0 spiro atoms. The fraction of sp³-hybridized carbons (Fsp3) is 0.133. The van der Waals surface area contributed by atoms with Crippen LogP contribution in [-0.2, 0) is 6.42 Å². The number of hydrazine groups is 1. The van der Waals surface area contributed by atoms with Crippen molar-refractivity contribution in [3.8, 4) is 0 Å². The van der Waals surface area contributed by atoms with E-state index in [0.29, 0.717) is 11.4 Å². The van der Waals surface area contributed by atoms with Crippen LogP contribution >= 0.6 is 11.6 Å². The Bertz CT molecular complexity index is 711. The summed E-state index contributed by atoms with van der Waals surface area (Å²) in [7, 11) is 0. The van der Waals surface area contributed by atoms with Gasteiger partial charge in [0.2, 0.25) is 0 Å². The Morgan fingerprint density at radius 1 is 1.25 bits per heavy atom. The Hall–Kier alpha value is -1.88. The molecule has 1 atom stereocenters. The lowest BCUT2D eigenvalue weighted by Gasteiger charge is -2.12. The van der Waals surface area contributed by atoms with Gasteiger partial charge in [0, 0.05) is 28.7 Å². The second-order valence-corrected chi connectivity index (χ2v) is 5.01. The normalized spacial score (nSPS) is 12.7. The Morgan fingerprint density at radius 3 is 2.90 bits per heavy atom. The summed E-state index contributed by atoms with van der Waals surface area (Å²) in [6, 6.07) is 13.2. The molecular weight excluding hydrogens is 274 g/mol. The highest BCUT2D eigenvalue weighted by atomic mass is 35.5. The third-order valence-corrected chi connectivity index (χ3v) is 3.42.